The summed E-state index contributed by atoms with van der Waals surface area (Å²) < 4.78 is 0. The molecule has 0 aliphatic heterocycles. The molecule has 2 aromatic rings. The highest BCUT2D eigenvalue weighted by molar-refractivity contribution is 7.11. The van der Waals surface area contributed by atoms with E-state index in [0.717, 1.165) is 33.3 Å². The van der Waals surface area contributed by atoms with Gasteiger partial charge in [-0.2, -0.15) is 0 Å². The summed E-state index contributed by atoms with van der Waals surface area (Å²) in [7, 11) is 0. The summed E-state index contributed by atoms with van der Waals surface area (Å²) in [5.74, 6) is 0.0600. The Kier molecular flexibility index (Phi) is 4.96. The van der Waals surface area contributed by atoms with E-state index in [-0.39, 0.29) is 11.9 Å². The standard InChI is InChI=1S/C16H21N3OS/c1-10-16(21-12(3)18-10)11(2)19-15(20)9-6-13-4-7-14(17)8-5-13/h4-5,7-8,11H,6,9,17H2,1-3H3,(H,19,20). The SMILES string of the molecule is Cc1nc(C)c(C(C)NC(=O)CCc2ccc(N)cc2)s1. The Morgan fingerprint density at radius 1 is 1.33 bits per heavy atom. The van der Waals surface area contributed by atoms with Crippen molar-refractivity contribution in [3.8, 4) is 0 Å². The molecule has 1 aromatic heterocycles. The average molecular weight is 303 g/mol. The number of thiazole rings is 1. The number of rotatable bonds is 5. The van der Waals surface area contributed by atoms with Gasteiger partial charge in [0.25, 0.3) is 0 Å². The fourth-order valence-electron chi connectivity index (χ4n) is 2.27. The highest BCUT2D eigenvalue weighted by Gasteiger charge is 2.15. The molecule has 21 heavy (non-hydrogen) atoms. The van der Waals surface area contributed by atoms with Crippen molar-refractivity contribution in [1.82, 2.24) is 10.3 Å². The molecule has 0 aliphatic carbocycles. The van der Waals surface area contributed by atoms with Crippen molar-refractivity contribution in [3.05, 3.63) is 45.4 Å². The Morgan fingerprint density at radius 2 is 2.00 bits per heavy atom. The van der Waals surface area contributed by atoms with E-state index in [1.54, 1.807) is 11.3 Å². The monoisotopic (exact) mass is 303 g/mol. The van der Waals surface area contributed by atoms with Gasteiger partial charge in [-0.1, -0.05) is 12.1 Å². The summed E-state index contributed by atoms with van der Waals surface area (Å²) in [4.78, 5) is 17.6. The molecular formula is C16H21N3OS. The van der Waals surface area contributed by atoms with Gasteiger partial charge in [-0.05, 0) is 44.9 Å². The van der Waals surface area contributed by atoms with Crippen LogP contribution in [0.2, 0.25) is 0 Å². The van der Waals surface area contributed by atoms with Gasteiger partial charge >= 0.3 is 0 Å². The van der Waals surface area contributed by atoms with Crippen LogP contribution < -0.4 is 11.1 Å². The van der Waals surface area contributed by atoms with Crippen molar-refractivity contribution < 1.29 is 4.79 Å². The van der Waals surface area contributed by atoms with Crippen LogP contribution in [0.1, 0.15) is 40.5 Å². The molecule has 5 heteroatoms. The first-order valence-corrected chi connectivity index (χ1v) is 7.85. The molecule has 1 unspecified atom stereocenters. The van der Waals surface area contributed by atoms with Crippen LogP contribution in [-0.2, 0) is 11.2 Å². The maximum Gasteiger partial charge on any atom is 0.220 e. The van der Waals surface area contributed by atoms with E-state index in [4.69, 9.17) is 5.73 Å². The molecule has 0 saturated carbocycles. The number of carbonyl (C=O) groups is 1. The van der Waals surface area contributed by atoms with Gasteiger partial charge in [0.15, 0.2) is 0 Å². The van der Waals surface area contributed by atoms with Gasteiger partial charge in [0, 0.05) is 17.0 Å². The predicted octanol–water partition coefficient (Wildman–Crippen LogP) is 3.15. The van der Waals surface area contributed by atoms with Gasteiger partial charge < -0.3 is 11.1 Å². The number of nitrogens with one attached hydrogen (secondary N) is 1. The summed E-state index contributed by atoms with van der Waals surface area (Å²) in [5, 5.41) is 4.07. The minimum atomic E-state index is 0.00937. The van der Waals surface area contributed by atoms with E-state index in [9.17, 15) is 4.79 Å². The van der Waals surface area contributed by atoms with Crippen LogP contribution in [-0.4, -0.2) is 10.9 Å². The zero-order chi connectivity index (χ0) is 15.4. The number of aryl methyl sites for hydroxylation is 3. The predicted molar refractivity (Wildman–Crippen MR) is 87.3 cm³/mol. The van der Waals surface area contributed by atoms with Crippen LogP contribution in [0.25, 0.3) is 0 Å². The van der Waals surface area contributed by atoms with Gasteiger partial charge in [0.05, 0.1) is 16.7 Å². The second-order valence-corrected chi connectivity index (χ2v) is 6.45. The molecule has 1 aromatic carbocycles. The van der Waals surface area contributed by atoms with Gasteiger partial charge in [0.1, 0.15) is 0 Å². The molecular weight excluding hydrogens is 282 g/mol. The number of hydrogen-bond donors (Lipinski definition) is 2. The lowest BCUT2D eigenvalue weighted by atomic mass is 10.1. The zero-order valence-corrected chi connectivity index (χ0v) is 13.5. The molecule has 3 N–H and O–H groups in total. The van der Waals surface area contributed by atoms with Crippen molar-refractivity contribution in [2.75, 3.05) is 5.73 Å². The lowest BCUT2D eigenvalue weighted by Gasteiger charge is -2.13. The molecule has 0 spiro atoms. The van der Waals surface area contributed by atoms with E-state index in [1.807, 2.05) is 45.0 Å². The van der Waals surface area contributed by atoms with Crippen LogP contribution in [0.4, 0.5) is 5.69 Å². The van der Waals surface area contributed by atoms with Crippen LogP contribution in [0.5, 0.6) is 0 Å². The first-order chi connectivity index (χ1) is 9.95. The third-order valence-electron chi connectivity index (χ3n) is 3.33. The largest absolute Gasteiger partial charge is 0.399 e. The number of nitrogens with zero attached hydrogens (tertiary/aromatic N) is 1. The number of nitrogens with two attached hydrogens (primary N) is 1. The third-order valence-corrected chi connectivity index (χ3v) is 4.59. The molecule has 0 bridgehead atoms. The molecule has 0 saturated heterocycles. The molecule has 1 amide bonds. The maximum atomic E-state index is 12.0. The van der Waals surface area contributed by atoms with Crippen molar-refractivity contribution in [2.24, 2.45) is 0 Å². The van der Waals surface area contributed by atoms with Crippen LogP contribution in [0.3, 0.4) is 0 Å². The summed E-state index contributed by atoms with van der Waals surface area (Å²) in [6.45, 7) is 5.97. The lowest BCUT2D eigenvalue weighted by Crippen LogP contribution is -2.26. The summed E-state index contributed by atoms with van der Waals surface area (Å²) in [6.07, 6.45) is 1.20. The molecule has 2 rings (SSSR count). The van der Waals surface area contributed by atoms with Crippen molar-refractivity contribution in [2.45, 2.75) is 39.7 Å². The number of hydrogen-bond acceptors (Lipinski definition) is 4. The van der Waals surface area contributed by atoms with Crippen molar-refractivity contribution in [3.63, 3.8) is 0 Å². The first kappa shape index (κ1) is 15.5. The smallest absolute Gasteiger partial charge is 0.220 e. The Morgan fingerprint density at radius 3 is 2.57 bits per heavy atom. The highest BCUT2D eigenvalue weighted by Crippen LogP contribution is 2.24. The van der Waals surface area contributed by atoms with Gasteiger partial charge in [0.2, 0.25) is 5.91 Å². The normalized spacial score (nSPS) is 12.1. The van der Waals surface area contributed by atoms with E-state index in [2.05, 4.69) is 10.3 Å². The molecule has 1 heterocycles. The fourth-order valence-corrected chi connectivity index (χ4v) is 3.20. The third kappa shape index (κ3) is 4.29. The van der Waals surface area contributed by atoms with Crippen LogP contribution >= 0.6 is 11.3 Å². The number of anilines is 1. The van der Waals surface area contributed by atoms with E-state index in [0.29, 0.717) is 6.42 Å². The highest BCUT2D eigenvalue weighted by atomic mass is 32.1. The Bertz CT molecular complexity index is 619. The minimum absolute atomic E-state index is 0.00937. The number of nitrogen functional groups attached to an aromatic ring is 1. The quantitative estimate of drug-likeness (QED) is 0.834. The number of carbonyl (C=O) groups excluding carboxylic acids is 1. The Balaban J connectivity index is 1.87. The molecule has 112 valence electrons. The Labute approximate surface area is 129 Å². The second kappa shape index (κ2) is 6.72. The van der Waals surface area contributed by atoms with Crippen molar-refractivity contribution >= 4 is 22.9 Å². The Hall–Kier alpha value is -1.88. The minimum Gasteiger partial charge on any atom is -0.399 e. The van der Waals surface area contributed by atoms with Gasteiger partial charge in [-0.15, -0.1) is 11.3 Å². The van der Waals surface area contributed by atoms with E-state index >= 15 is 0 Å². The summed E-state index contributed by atoms with van der Waals surface area (Å²) in [5.41, 5.74) is 8.51. The molecule has 0 fully saturated rings. The molecule has 0 aliphatic rings. The number of benzene rings is 1. The first-order valence-electron chi connectivity index (χ1n) is 7.03. The topological polar surface area (TPSA) is 68.0 Å². The van der Waals surface area contributed by atoms with E-state index < -0.39 is 0 Å². The van der Waals surface area contributed by atoms with Gasteiger partial charge in [-0.3, -0.25) is 4.79 Å². The molecule has 4 nitrogen and oxygen atoms in total. The number of aromatic nitrogens is 1. The molecule has 1 atom stereocenters. The lowest BCUT2D eigenvalue weighted by molar-refractivity contribution is -0.121. The average Bonchev–Trinajstić information content (AvgIpc) is 2.77. The molecule has 0 radical (unpaired) electrons. The van der Waals surface area contributed by atoms with E-state index in [1.165, 1.54) is 0 Å². The van der Waals surface area contributed by atoms with Gasteiger partial charge in [-0.25, -0.2) is 4.98 Å². The number of amides is 1. The second-order valence-electron chi connectivity index (χ2n) is 5.21. The van der Waals surface area contributed by atoms with Crippen LogP contribution in [0.15, 0.2) is 24.3 Å². The summed E-state index contributed by atoms with van der Waals surface area (Å²) >= 11 is 1.64. The zero-order valence-electron chi connectivity index (χ0n) is 12.6. The maximum absolute atomic E-state index is 12.0. The van der Waals surface area contributed by atoms with Crippen molar-refractivity contribution in [1.29, 1.82) is 0 Å². The van der Waals surface area contributed by atoms with Crippen LogP contribution in [0, 0.1) is 13.8 Å². The fraction of sp³-hybridized carbons (Fsp3) is 0.375. The summed E-state index contributed by atoms with van der Waals surface area (Å²) in [6, 6.07) is 7.65.